The molecular formula is C24H21F4N9. The molecule has 0 aliphatic carbocycles. The normalized spacial score (nSPS) is 13.4. The fraction of sp³-hybridized carbons (Fsp3) is 0.167. The Labute approximate surface area is 209 Å². The summed E-state index contributed by atoms with van der Waals surface area (Å²) in [5.74, 6) is -2.57. The van der Waals surface area contributed by atoms with Gasteiger partial charge in [0.05, 0.1) is 16.9 Å². The van der Waals surface area contributed by atoms with Crippen LogP contribution in [0.2, 0.25) is 0 Å². The summed E-state index contributed by atoms with van der Waals surface area (Å²) in [6.45, 7) is 1.68. The minimum absolute atomic E-state index is 0.0380. The minimum Gasteiger partial charge on any atom is -0.382 e. The number of aliphatic imine (C=N–C) groups is 2. The summed E-state index contributed by atoms with van der Waals surface area (Å²) in [4.78, 5) is 17.5. The van der Waals surface area contributed by atoms with E-state index < -0.39 is 23.7 Å². The molecule has 37 heavy (non-hydrogen) atoms. The van der Waals surface area contributed by atoms with Gasteiger partial charge in [-0.25, -0.2) is 19.4 Å². The maximum atomic E-state index is 14.0. The number of hydrogen-bond acceptors (Lipinski definition) is 6. The summed E-state index contributed by atoms with van der Waals surface area (Å²) in [6, 6.07) is 8.00. The molecule has 0 saturated carbocycles. The summed E-state index contributed by atoms with van der Waals surface area (Å²) in [7, 11) is 1.47. The number of hydrogen-bond donors (Lipinski definition) is 4. The molecular weight excluding hydrogens is 490 g/mol. The minimum atomic E-state index is -4.75. The SMILES string of the molecule is C/N=C\N=C(\N)c1[nH]c(C(C)/C(C=N)=C/Nc2ccccc2F)c(C#N)c1-c1cnc(C(F)(F)F)nc1. The van der Waals surface area contributed by atoms with Crippen LogP contribution in [0, 0.1) is 22.6 Å². The number of amidine groups is 1. The number of rotatable bonds is 8. The van der Waals surface area contributed by atoms with E-state index in [1.165, 1.54) is 37.8 Å². The number of benzene rings is 1. The zero-order valence-corrected chi connectivity index (χ0v) is 19.6. The van der Waals surface area contributed by atoms with Crippen molar-refractivity contribution in [3.05, 3.63) is 77.0 Å². The number of para-hydroxylation sites is 1. The highest BCUT2D eigenvalue weighted by atomic mass is 19.4. The van der Waals surface area contributed by atoms with Crippen LogP contribution in [0.5, 0.6) is 0 Å². The monoisotopic (exact) mass is 511 g/mol. The average Bonchev–Trinajstić information content (AvgIpc) is 3.27. The van der Waals surface area contributed by atoms with Crippen molar-refractivity contribution < 1.29 is 17.6 Å². The Morgan fingerprint density at radius 1 is 1.27 bits per heavy atom. The number of H-pyrrole nitrogens is 1. The number of nitrogens with one attached hydrogen (secondary N) is 3. The molecule has 2 aromatic heterocycles. The lowest BCUT2D eigenvalue weighted by Gasteiger charge is -2.13. The zero-order valence-electron chi connectivity index (χ0n) is 19.6. The van der Waals surface area contributed by atoms with Crippen LogP contribution in [-0.4, -0.2) is 40.4 Å². The van der Waals surface area contributed by atoms with Gasteiger partial charge in [-0.3, -0.25) is 4.99 Å². The third-order valence-electron chi connectivity index (χ3n) is 5.27. The van der Waals surface area contributed by atoms with E-state index in [9.17, 15) is 22.8 Å². The largest absolute Gasteiger partial charge is 0.451 e. The van der Waals surface area contributed by atoms with Crippen molar-refractivity contribution in [1.29, 1.82) is 10.7 Å². The molecule has 9 nitrogen and oxygen atoms in total. The predicted octanol–water partition coefficient (Wildman–Crippen LogP) is 4.61. The van der Waals surface area contributed by atoms with Crippen molar-refractivity contribution in [1.82, 2.24) is 15.0 Å². The molecule has 0 aliphatic rings. The molecule has 1 aromatic carbocycles. The van der Waals surface area contributed by atoms with E-state index in [4.69, 9.17) is 11.1 Å². The van der Waals surface area contributed by atoms with E-state index in [1.807, 2.05) is 6.07 Å². The van der Waals surface area contributed by atoms with Gasteiger partial charge in [-0.1, -0.05) is 19.1 Å². The van der Waals surface area contributed by atoms with E-state index in [0.717, 1.165) is 18.6 Å². The van der Waals surface area contributed by atoms with Crippen LogP contribution < -0.4 is 11.1 Å². The van der Waals surface area contributed by atoms with Gasteiger partial charge in [-0.05, 0) is 17.7 Å². The zero-order chi connectivity index (χ0) is 27.2. The summed E-state index contributed by atoms with van der Waals surface area (Å²) in [5, 5.41) is 20.7. The van der Waals surface area contributed by atoms with E-state index in [-0.39, 0.29) is 33.9 Å². The molecule has 5 N–H and O–H groups in total. The third-order valence-corrected chi connectivity index (χ3v) is 5.27. The third kappa shape index (κ3) is 5.87. The second-order valence-corrected chi connectivity index (χ2v) is 7.59. The van der Waals surface area contributed by atoms with E-state index in [0.29, 0.717) is 11.3 Å². The maximum Gasteiger partial charge on any atom is 0.451 e. The number of nitrogens with two attached hydrogens (primary N) is 1. The topological polar surface area (TPSA) is 152 Å². The van der Waals surface area contributed by atoms with Crippen molar-refractivity contribution in [2.24, 2.45) is 15.7 Å². The highest BCUT2D eigenvalue weighted by Crippen LogP contribution is 2.36. The number of aromatic nitrogens is 3. The fourth-order valence-electron chi connectivity index (χ4n) is 3.43. The van der Waals surface area contributed by atoms with Crippen molar-refractivity contribution in [2.45, 2.75) is 19.0 Å². The van der Waals surface area contributed by atoms with Crippen LogP contribution in [0.1, 0.15) is 35.6 Å². The quantitative estimate of drug-likeness (QED) is 0.198. The highest BCUT2D eigenvalue weighted by molar-refractivity contribution is 6.06. The molecule has 1 unspecified atom stereocenters. The highest BCUT2D eigenvalue weighted by Gasteiger charge is 2.35. The number of allylic oxidation sites excluding steroid dienone is 1. The molecule has 2 heterocycles. The molecule has 0 radical (unpaired) electrons. The first kappa shape index (κ1) is 26.7. The maximum absolute atomic E-state index is 14.0. The Balaban J connectivity index is 2.15. The Morgan fingerprint density at radius 3 is 2.51 bits per heavy atom. The van der Waals surface area contributed by atoms with Gasteiger partial charge in [0, 0.05) is 54.6 Å². The van der Waals surface area contributed by atoms with Gasteiger partial charge in [0.1, 0.15) is 24.1 Å². The second-order valence-electron chi connectivity index (χ2n) is 7.59. The van der Waals surface area contributed by atoms with Crippen LogP contribution >= 0.6 is 0 Å². The van der Waals surface area contributed by atoms with Gasteiger partial charge in [0.25, 0.3) is 0 Å². The Bertz CT molecular complexity index is 1410. The number of aromatic amines is 1. The lowest BCUT2D eigenvalue weighted by Crippen LogP contribution is -2.16. The van der Waals surface area contributed by atoms with Crippen LogP contribution in [0.4, 0.5) is 23.2 Å². The Morgan fingerprint density at radius 2 is 1.95 bits per heavy atom. The smallest absolute Gasteiger partial charge is 0.382 e. The molecule has 190 valence electrons. The van der Waals surface area contributed by atoms with Crippen LogP contribution in [0.15, 0.2) is 58.4 Å². The first-order valence-electron chi connectivity index (χ1n) is 10.6. The van der Waals surface area contributed by atoms with Gasteiger partial charge in [0.2, 0.25) is 5.82 Å². The molecule has 0 saturated heterocycles. The van der Waals surface area contributed by atoms with Gasteiger partial charge >= 0.3 is 6.18 Å². The molecule has 3 rings (SSSR count). The molecule has 3 aromatic rings. The second kappa shape index (κ2) is 11.3. The summed E-state index contributed by atoms with van der Waals surface area (Å²) in [6.07, 6.45) is 0.740. The number of halogens is 4. The van der Waals surface area contributed by atoms with Crippen LogP contribution in [0.25, 0.3) is 11.1 Å². The van der Waals surface area contributed by atoms with E-state index in [2.05, 4.69) is 30.3 Å². The van der Waals surface area contributed by atoms with Crippen molar-refractivity contribution >= 4 is 24.1 Å². The van der Waals surface area contributed by atoms with Crippen LogP contribution in [0.3, 0.4) is 0 Å². The van der Waals surface area contributed by atoms with Gasteiger partial charge in [0.15, 0.2) is 0 Å². The number of anilines is 1. The van der Waals surface area contributed by atoms with Crippen molar-refractivity contribution in [3.63, 3.8) is 0 Å². The molecule has 0 fully saturated rings. The van der Waals surface area contributed by atoms with E-state index in [1.54, 1.807) is 13.0 Å². The van der Waals surface area contributed by atoms with Crippen molar-refractivity contribution in [2.75, 3.05) is 12.4 Å². The molecule has 13 heteroatoms. The molecule has 0 spiro atoms. The van der Waals surface area contributed by atoms with Crippen LogP contribution in [-0.2, 0) is 6.18 Å². The molecule has 1 atom stereocenters. The van der Waals surface area contributed by atoms with Crippen molar-refractivity contribution in [3.8, 4) is 17.2 Å². The van der Waals surface area contributed by atoms with E-state index >= 15 is 0 Å². The first-order valence-corrected chi connectivity index (χ1v) is 10.6. The Hall–Kier alpha value is -4.86. The molecule has 0 aliphatic heterocycles. The summed E-state index contributed by atoms with van der Waals surface area (Å²) >= 11 is 0. The molecule has 0 amide bonds. The number of nitrogens with zero attached hydrogens (tertiary/aromatic N) is 5. The summed E-state index contributed by atoms with van der Waals surface area (Å²) < 4.78 is 52.9. The average molecular weight is 511 g/mol. The summed E-state index contributed by atoms with van der Waals surface area (Å²) in [5.41, 5.74) is 7.32. The van der Waals surface area contributed by atoms with Gasteiger partial charge in [-0.15, -0.1) is 0 Å². The Kier molecular flexibility index (Phi) is 8.13. The predicted molar refractivity (Wildman–Crippen MR) is 132 cm³/mol. The van der Waals surface area contributed by atoms with Gasteiger partial charge in [-0.2, -0.15) is 18.4 Å². The lowest BCUT2D eigenvalue weighted by atomic mass is 9.93. The number of alkyl halides is 3. The first-order chi connectivity index (χ1) is 17.6. The molecule has 0 bridgehead atoms. The number of nitriles is 1. The standard InChI is InChI=1S/C24H21F4N9/c1-13(14(7-29)9-33-18-6-4-3-5-17(18)25)20-16(8-30)19(21(37-20)22(31)36-12-32-2)15-10-34-23(35-11-15)24(26,27)28/h3-7,9-13,29,33,37H,1-2H3,(H2,31,32,36)/b14-9+,29-7?. The van der Waals surface area contributed by atoms with Gasteiger partial charge < -0.3 is 21.4 Å². The lowest BCUT2D eigenvalue weighted by molar-refractivity contribution is -0.144. The fourth-order valence-corrected chi connectivity index (χ4v) is 3.43.